The summed E-state index contributed by atoms with van der Waals surface area (Å²) in [6.45, 7) is 1.00. The zero-order chi connectivity index (χ0) is 18.2. The Morgan fingerprint density at radius 3 is 2.88 bits per heavy atom. The number of thiophene rings is 1. The van der Waals surface area contributed by atoms with E-state index >= 15 is 0 Å². The van der Waals surface area contributed by atoms with Crippen molar-refractivity contribution in [2.75, 3.05) is 31.1 Å². The summed E-state index contributed by atoms with van der Waals surface area (Å²) < 4.78 is 9.49. The van der Waals surface area contributed by atoms with Gasteiger partial charge in [-0.25, -0.2) is 4.79 Å². The van der Waals surface area contributed by atoms with Gasteiger partial charge in [0.2, 0.25) is 11.8 Å². The number of anilines is 1. The van der Waals surface area contributed by atoms with Crippen molar-refractivity contribution < 1.29 is 29.0 Å². The van der Waals surface area contributed by atoms with E-state index in [1.165, 1.54) is 46.9 Å². The molecule has 2 amide bonds. The molecule has 10 heteroatoms. The van der Waals surface area contributed by atoms with Gasteiger partial charge in [0.05, 0.1) is 11.5 Å². The Morgan fingerprint density at radius 2 is 2.28 bits per heavy atom. The Labute approximate surface area is 152 Å². The smallest absolute Gasteiger partial charge is 0.343 e. The van der Waals surface area contributed by atoms with Gasteiger partial charge in [0, 0.05) is 19.8 Å². The first-order valence-electron chi connectivity index (χ1n) is 7.53. The zero-order valence-electron chi connectivity index (χ0n) is 13.7. The average Bonchev–Trinajstić information content (AvgIpc) is 3.11. The summed E-state index contributed by atoms with van der Waals surface area (Å²) in [6.07, 6.45) is 0. The highest BCUT2D eigenvalue weighted by Crippen LogP contribution is 2.42. The average molecular weight is 386 g/mol. The Morgan fingerprint density at radius 1 is 1.52 bits per heavy atom. The summed E-state index contributed by atoms with van der Waals surface area (Å²) in [7, 11) is 1.37. The number of nitrogens with zero attached hydrogens (tertiary/aromatic N) is 2. The number of aliphatic hydroxyl groups is 1. The van der Waals surface area contributed by atoms with Gasteiger partial charge in [-0.2, -0.15) is 0 Å². The molecule has 2 aliphatic rings. The molecule has 1 aromatic heterocycles. The first-order chi connectivity index (χ1) is 11.9. The van der Waals surface area contributed by atoms with Gasteiger partial charge < -0.3 is 19.5 Å². The fraction of sp³-hybridized carbons (Fsp3) is 0.533. The Balaban J connectivity index is 1.74. The molecular weight excluding hydrogens is 368 g/mol. The molecule has 1 N–H and O–H groups in total. The number of fused-ring (bicyclic) bond motifs is 1. The van der Waals surface area contributed by atoms with Gasteiger partial charge in [-0.15, -0.1) is 23.1 Å². The van der Waals surface area contributed by atoms with Crippen LogP contribution in [0.4, 0.5) is 5.00 Å². The van der Waals surface area contributed by atoms with Crippen LogP contribution in [0.5, 0.6) is 0 Å². The van der Waals surface area contributed by atoms with Crippen LogP contribution in [0.1, 0.15) is 6.92 Å². The van der Waals surface area contributed by atoms with E-state index in [2.05, 4.69) is 4.74 Å². The van der Waals surface area contributed by atoms with Gasteiger partial charge >= 0.3 is 5.97 Å². The second kappa shape index (κ2) is 6.94. The van der Waals surface area contributed by atoms with Crippen LogP contribution in [0.25, 0.3) is 0 Å². The van der Waals surface area contributed by atoms with Crippen LogP contribution in [0.2, 0.25) is 0 Å². The van der Waals surface area contributed by atoms with Crippen molar-refractivity contribution in [3.63, 3.8) is 0 Å². The minimum Gasteiger partial charge on any atom is -0.436 e. The van der Waals surface area contributed by atoms with Crippen LogP contribution in [0.3, 0.4) is 0 Å². The third kappa shape index (κ3) is 3.14. The summed E-state index contributed by atoms with van der Waals surface area (Å²) in [4.78, 5) is 39.6. The van der Waals surface area contributed by atoms with E-state index in [1.807, 2.05) is 11.4 Å². The van der Waals surface area contributed by atoms with E-state index in [0.29, 0.717) is 5.00 Å². The number of esters is 1. The molecule has 0 saturated carbocycles. The molecule has 3 heterocycles. The molecule has 0 aromatic carbocycles. The monoisotopic (exact) mass is 386 g/mol. The summed E-state index contributed by atoms with van der Waals surface area (Å²) in [5.41, 5.74) is -1.77. The van der Waals surface area contributed by atoms with Crippen LogP contribution in [-0.4, -0.2) is 71.0 Å². The Bertz CT molecular complexity index is 682. The van der Waals surface area contributed by atoms with Crippen molar-refractivity contribution in [3.8, 4) is 0 Å². The molecule has 2 aliphatic heterocycles. The lowest BCUT2D eigenvalue weighted by Gasteiger charge is -2.54. The van der Waals surface area contributed by atoms with Crippen LogP contribution >= 0.6 is 23.1 Å². The molecule has 0 spiro atoms. The molecule has 25 heavy (non-hydrogen) atoms. The molecule has 0 bridgehead atoms. The van der Waals surface area contributed by atoms with Crippen molar-refractivity contribution in [3.05, 3.63) is 17.5 Å². The van der Waals surface area contributed by atoms with Crippen molar-refractivity contribution in [1.82, 2.24) is 4.90 Å². The van der Waals surface area contributed by atoms with E-state index in [4.69, 9.17) is 4.74 Å². The number of methoxy groups -OCH3 is 1. The van der Waals surface area contributed by atoms with Gasteiger partial charge in [0.15, 0.2) is 12.4 Å². The summed E-state index contributed by atoms with van der Waals surface area (Å²) in [6, 6.07) is 2.98. The first kappa shape index (κ1) is 18.2. The summed E-state index contributed by atoms with van der Waals surface area (Å²) >= 11 is 2.64. The maximum Gasteiger partial charge on any atom is 0.343 e. The first-order valence-corrected chi connectivity index (χ1v) is 9.46. The van der Waals surface area contributed by atoms with Gasteiger partial charge in [-0.1, -0.05) is 0 Å². The number of carbonyl (C=O) groups excluding carboxylic acids is 3. The summed E-state index contributed by atoms with van der Waals surface area (Å²) in [5, 5.41) is 12.7. The molecule has 136 valence electrons. The van der Waals surface area contributed by atoms with Crippen molar-refractivity contribution in [2.45, 2.75) is 23.9 Å². The predicted molar refractivity (Wildman–Crippen MR) is 92.1 cm³/mol. The van der Waals surface area contributed by atoms with E-state index in [1.54, 1.807) is 6.07 Å². The van der Waals surface area contributed by atoms with Crippen molar-refractivity contribution in [1.29, 1.82) is 0 Å². The molecule has 2 fully saturated rings. The van der Waals surface area contributed by atoms with Crippen LogP contribution < -0.4 is 4.90 Å². The number of thioether (sulfide) groups is 1. The minimum absolute atomic E-state index is 0.0800. The quantitative estimate of drug-likeness (QED) is 0.441. The highest BCUT2D eigenvalue weighted by molar-refractivity contribution is 8.00. The lowest BCUT2D eigenvalue weighted by molar-refractivity contribution is -0.179. The van der Waals surface area contributed by atoms with E-state index < -0.39 is 17.6 Å². The van der Waals surface area contributed by atoms with Gasteiger partial charge in [-0.05, 0) is 17.5 Å². The van der Waals surface area contributed by atoms with E-state index in [-0.39, 0.29) is 36.3 Å². The second-order valence-electron chi connectivity index (χ2n) is 5.82. The third-order valence-corrected chi connectivity index (χ3v) is 6.45. The standard InChI is InChI=1S/C15H18N2O6S2/c1-9(18)17(10-4-3-5-24-10)11-12(19)16-6-15(21,7-25-13(11)16)14(20)23-8-22-2/h3-5,11,13,21H,6-8H2,1-2H3/t11?,13-,15?/m1/s1. The van der Waals surface area contributed by atoms with E-state index in [9.17, 15) is 19.5 Å². The number of ether oxygens (including phenoxy) is 2. The van der Waals surface area contributed by atoms with Gasteiger partial charge in [0.1, 0.15) is 11.4 Å². The maximum absolute atomic E-state index is 12.6. The fourth-order valence-electron chi connectivity index (χ4n) is 2.91. The number of hydrogen-bond donors (Lipinski definition) is 1. The SMILES string of the molecule is COCOC(=O)C1(O)CS[C@@H]2C(N(C(C)=O)c3cccs3)C(=O)N2C1. The third-order valence-electron chi connectivity index (χ3n) is 4.09. The number of hydrogen-bond acceptors (Lipinski definition) is 8. The van der Waals surface area contributed by atoms with Gasteiger partial charge in [0.25, 0.3) is 0 Å². The maximum atomic E-state index is 12.6. The Hall–Kier alpha value is -1.62. The molecule has 3 atom stereocenters. The van der Waals surface area contributed by atoms with Crippen LogP contribution in [0.15, 0.2) is 17.5 Å². The number of amides is 2. The molecule has 2 saturated heterocycles. The predicted octanol–water partition coefficient (Wildman–Crippen LogP) is 0.263. The summed E-state index contributed by atoms with van der Waals surface area (Å²) in [5.74, 6) is -1.25. The molecule has 8 nitrogen and oxygen atoms in total. The molecule has 2 unspecified atom stereocenters. The number of carbonyl (C=O) groups is 3. The second-order valence-corrected chi connectivity index (χ2v) is 7.85. The largest absolute Gasteiger partial charge is 0.436 e. The lowest BCUT2D eigenvalue weighted by Crippen LogP contribution is -2.75. The van der Waals surface area contributed by atoms with Gasteiger partial charge in [-0.3, -0.25) is 14.5 Å². The van der Waals surface area contributed by atoms with Crippen LogP contribution in [0, 0.1) is 0 Å². The molecule has 3 rings (SSSR count). The van der Waals surface area contributed by atoms with Crippen molar-refractivity contribution >= 4 is 45.9 Å². The van der Waals surface area contributed by atoms with E-state index in [0.717, 1.165) is 0 Å². The highest BCUT2D eigenvalue weighted by Gasteiger charge is 2.59. The highest BCUT2D eigenvalue weighted by atomic mass is 32.2. The topological polar surface area (TPSA) is 96.4 Å². The lowest BCUT2D eigenvalue weighted by atomic mass is 9.98. The number of rotatable bonds is 5. The molecular formula is C15H18N2O6S2. The van der Waals surface area contributed by atoms with Crippen molar-refractivity contribution in [2.24, 2.45) is 0 Å². The number of β-lactam (4-membered cyclic amide) rings is 1. The zero-order valence-corrected chi connectivity index (χ0v) is 15.3. The molecule has 0 radical (unpaired) electrons. The normalized spacial score (nSPS) is 28.1. The molecule has 1 aromatic rings. The molecule has 0 aliphatic carbocycles. The fourth-order valence-corrected chi connectivity index (χ4v) is 5.15. The minimum atomic E-state index is -1.77. The van der Waals surface area contributed by atoms with Crippen LogP contribution in [-0.2, 0) is 23.9 Å². The Kier molecular flexibility index (Phi) is 5.05.